The van der Waals surface area contributed by atoms with Gasteiger partial charge in [-0.25, -0.2) is 13.2 Å². The van der Waals surface area contributed by atoms with Crippen molar-refractivity contribution >= 4 is 44.7 Å². The standard InChI is InChI=1S/C40H52N6O9S/c1-4-25-21-40(25,36(50)44-56(52,53)28-14-15-28)43-33(47)31-19-27-22-46(31)35(49)32(24-10-7-8-11-24)42-38(51)55-39(3)20-26(39)12-6-5-9-17-45-34(48)29-16-13-23(2)18-30(29)41-37(45)54-27/h5,9,13,16,18,24-28,31-32H,4,6-8,10-12,14-15,17,19-22H2,1-3H3,(H,42,51)(H,43,47)(H,44,50)/b9-5+/t25-,26-,27-,31+,32+,39-,40-/m1/s1. The number of rotatable bonds is 7. The molecule has 2 bridgehead atoms. The summed E-state index contributed by atoms with van der Waals surface area (Å²) in [4.78, 5) is 76.6. The number of sulfonamides is 1. The predicted octanol–water partition coefficient (Wildman–Crippen LogP) is 3.36. The third-order valence-corrected chi connectivity index (χ3v) is 14.8. The molecule has 5 fully saturated rings. The molecule has 8 rings (SSSR count). The molecular formula is C40H52N6O9S. The zero-order valence-corrected chi connectivity index (χ0v) is 33.1. The molecule has 1 saturated heterocycles. The lowest BCUT2D eigenvalue weighted by Gasteiger charge is -2.32. The van der Waals surface area contributed by atoms with E-state index in [0.717, 1.165) is 24.8 Å². The molecule has 7 atom stereocenters. The molecule has 1 aromatic heterocycles. The number of hydrogen-bond donors (Lipinski definition) is 3. The Kier molecular flexibility index (Phi) is 9.93. The van der Waals surface area contributed by atoms with Gasteiger partial charge in [0.25, 0.3) is 17.5 Å². The van der Waals surface area contributed by atoms with Crippen molar-refractivity contribution in [3.05, 3.63) is 46.3 Å². The first-order valence-electron chi connectivity index (χ1n) is 20.2. The molecule has 0 radical (unpaired) electrons. The summed E-state index contributed by atoms with van der Waals surface area (Å²) in [7, 11) is -3.88. The van der Waals surface area contributed by atoms with Crippen LogP contribution in [-0.2, 0) is 35.7 Å². The number of hydrogen-bond acceptors (Lipinski definition) is 10. The molecule has 2 aromatic rings. The average Bonchev–Trinajstić information content (AvgIpc) is 4.10. The van der Waals surface area contributed by atoms with Crippen molar-refractivity contribution in [1.29, 1.82) is 0 Å². The summed E-state index contributed by atoms with van der Waals surface area (Å²) < 4.78 is 41.7. The molecule has 6 aliphatic rings. The van der Waals surface area contributed by atoms with Gasteiger partial charge in [0.1, 0.15) is 29.3 Å². The Hall–Kier alpha value is -4.47. The maximum atomic E-state index is 14.8. The number of benzene rings is 1. The van der Waals surface area contributed by atoms with E-state index in [-0.39, 0.29) is 55.3 Å². The van der Waals surface area contributed by atoms with Crippen LogP contribution in [-0.4, -0.2) is 87.8 Å². The minimum Gasteiger partial charge on any atom is -0.459 e. The third kappa shape index (κ3) is 7.40. The van der Waals surface area contributed by atoms with E-state index in [2.05, 4.69) is 15.4 Å². The number of aromatic nitrogens is 2. The van der Waals surface area contributed by atoms with E-state index < -0.39 is 68.4 Å². The molecule has 302 valence electrons. The second-order valence-electron chi connectivity index (χ2n) is 17.1. The predicted molar refractivity (Wildman–Crippen MR) is 205 cm³/mol. The van der Waals surface area contributed by atoms with Gasteiger partial charge in [0.05, 0.1) is 22.7 Å². The maximum absolute atomic E-state index is 14.8. The summed E-state index contributed by atoms with van der Waals surface area (Å²) in [6.45, 7) is 5.77. The Labute approximate surface area is 326 Å². The number of carbonyl (C=O) groups is 4. The summed E-state index contributed by atoms with van der Waals surface area (Å²) >= 11 is 0. The molecule has 0 unspecified atom stereocenters. The van der Waals surface area contributed by atoms with Gasteiger partial charge in [0, 0.05) is 18.9 Å². The van der Waals surface area contributed by atoms with E-state index in [0.29, 0.717) is 55.8 Å². The average molecular weight is 793 g/mol. The maximum Gasteiger partial charge on any atom is 0.408 e. The van der Waals surface area contributed by atoms with Crippen molar-refractivity contribution in [2.75, 3.05) is 6.54 Å². The molecular weight excluding hydrogens is 741 g/mol. The summed E-state index contributed by atoms with van der Waals surface area (Å²) in [5, 5.41) is 5.59. The van der Waals surface area contributed by atoms with E-state index in [1.54, 1.807) is 12.1 Å². The zero-order valence-electron chi connectivity index (χ0n) is 32.3. The Morgan fingerprint density at radius 2 is 1.82 bits per heavy atom. The fraction of sp³-hybridized carbons (Fsp3) is 0.650. The molecule has 2 aliphatic heterocycles. The van der Waals surface area contributed by atoms with Crippen LogP contribution in [0.4, 0.5) is 4.79 Å². The topological polar surface area (TPSA) is 195 Å². The van der Waals surface area contributed by atoms with Gasteiger partial charge >= 0.3 is 6.09 Å². The highest BCUT2D eigenvalue weighted by Gasteiger charge is 2.62. The normalized spacial score (nSPS) is 32.8. The lowest BCUT2D eigenvalue weighted by Crippen LogP contribution is -2.59. The van der Waals surface area contributed by atoms with E-state index in [1.807, 2.05) is 39.0 Å². The van der Waals surface area contributed by atoms with Crippen LogP contribution in [0.3, 0.4) is 0 Å². The summed E-state index contributed by atoms with van der Waals surface area (Å²) in [6.07, 6.45) is 9.45. The van der Waals surface area contributed by atoms with Crippen LogP contribution < -0.4 is 25.7 Å². The van der Waals surface area contributed by atoms with Crippen LogP contribution in [0.1, 0.15) is 96.5 Å². The number of nitrogens with zero attached hydrogens (tertiary/aromatic N) is 3. The molecule has 4 saturated carbocycles. The van der Waals surface area contributed by atoms with Gasteiger partial charge in [-0.3, -0.25) is 28.5 Å². The first-order chi connectivity index (χ1) is 26.7. The summed E-state index contributed by atoms with van der Waals surface area (Å²) in [5.41, 5.74) is -1.05. The third-order valence-electron chi connectivity index (χ3n) is 13.0. The lowest BCUT2D eigenvalue weighted by molar-refractivity contribution is -0.142. The first kappa shape index (κ1) is 38.4. The summed E-state index contributed by atoms with van der Waals surface area (Å²) in [6, 6.07) is 3.33. The number of fused-ring (bicyclic) bond motifs is 5. The molecule has 4 aliphatic carbocycles. The SMILES string of the molecule is CC[C@@H]1C[C@]1(NC(=O)[C@@H]1C[C@@H]2CN1C(=O)[C@H](C1CCCC1)NC(=O)O[C@]1(C)C[C@H]1CC/C=C/Cn1c(nc3cc(C)ccc3c1=O)O2)C(=O)NS(=O)(=O)C1CC1. The highest BCUT2D eigenvalue weighted by Crippen LogP contribution is 2.50. The Morgan fingerprint density at radius 1 is 1.05 bits per heavy atom. The number of alkyl carbamates (subject to hydrolysis) is 1. The lowest BCUT2D eigenvalue weighted by atomic mass is 9.96. The van der Waals surface area contributed by atoms with Crippen molar-refractivity contribution in [1.82, 2.24) is 29.8 Å². The van der Waals surface area contributed by atoms with E-state index in [9.17, 15) is 32.4 Å². The number of nitrogens with one attached hydrogen (secondary N) is 3. The van der Waals surface area contributed by atoms with Gasteiger partial charge in [-0.15, -0.1) is 0 Å². The molecule has 4 amide bonds. The van der Waals surface area contributed by atoms with Gasteiger partial charge < -0.3 is 25.0 Å². The van der Waals surface area contributed by atoms with Crippen molar-refractivity contribution in [2.45, 2.75) is 139 Å². The second-order valence-corrected chi connectivity index (χ2v) is 19.0. The van der Waals surface area contributed by atoms with Crippen LogP contribution in [0.2, 0.25) is 0 Å². The Morgan fingerprint density at radius 3 is 2.54 bits per heavy atom. The molecule has 3 heterocycles. The quantitative estimate of drug-likeness (QED) is 0.350. The van der Waals surface area contributed by atoms with Crippen molar-refractivity contribution in [2.24, 2.45) is 17.8 Å². The van der Waals surface area contributed by atoms with Gasteiger partial charge in [0.2, 0.25) is 21.8 Å². The van der Waals surface area contributed by atoms with Crippen molar-refractivity contribution in [3.63, 3.8) is 0 Å². The van der Waals surface area contributed by atoms with E-state index in [1.165, 1.54) is 9.47 Å². The van der Waals surface area contributed by atoms with Gasteiger partial charge in [0.15, 0.2) is 0 Å². The van der Waals surface area contributed by atoms with Crippen LogP contribution in [0, 0.1) is 24.7 Å². The molecule has 3 N–H and O–H groups in total. The van der Waals surface area contributed by atoms with Gasteiger partial charge in [-0.1, -0.05) is 44.4 Å². The Bertz CT molecular complexity index is 2150. The van der Waals surface area contributed by atoms with E-state index in [4.69, 9.17) is 14.5 Å². The number of ether oxygens (including phenoxy) is 2. The smallest absolute Gasteiger partial charge is 0.408 e. The number of amides is 4. The van der Waals surface area contributed by atoms with Crippen LogP contribution in [0.15, 0.2) is 35.1 Å². The van der Waals surface area contributed by atoms with Crippen LogP contribution in [0.5, 0.6) is 6.01 Å². The van der Waals surface area contributed by atoms with Crippen LogP contribution in [0.25, 0.3) is 10.9 Å². The monoisotopic (exact) mass is 792 g/mol. The number of aryl methyl sites for hydroxylation is 1. The molecule has 56 heavy (non-hydrogen) atoms. The zero-order chi connectivity index (χ0) is 39.6. The minimum atomic E-state index is -3.88. The van der Waals surface area contributed by atoms with Crippen molar-refractivity contribution in [3.8, 4) is 6.01 Å². The van der Waals surface area contributed by atoms with Gasteiger partial charge in [-0.05, 0) is 94.7 Å². The van der Waals surface area contributed by atoms with E-state index >= 15 is 0 Å². The van der Waals surface area contributed by atoms with Crippen molar-refractivity contribution < 1.29 is 37.1 Å². The highest BCUT2D eigenvalue weighted by atomic mass is 32.2. The van der Waals surface area contributed by atoms with Gasteiger partial charge in [-0.2, -0.15) is 4.98 Å². The molecule has 1 aromatic carbocycles. The van der Waals surface area contributed by atoms with Crippen LogP contribution >= 0.6 is 0 Å². The summed E-state index contributed by atoms with van der Waals surface area (Å²) in [5.74, 6) is -2.24. The minimum absolute atomic E-state index is 0.00835. The first-order valence-corrected chi connectivity index (χ1v) is 21.8. The Balaban J connectivity index is 1.15. The second kappa shape index (κ2) is 14.5. The molecule has 16 heteroatoms. The molecule has 15 nitrogen and oxygen atoms in total. The number of allylic oxidation sites excluding steroid dienone is 2. The molecule has 0 spiro atoms. The highest BCUT2D eigenvalue weighted by molar-refractivity contribution is 7.91. The fourth-order valence-corrected chi connectivity index (χ4v) is 10.5. The fourth-order valence-electron chi connectivity index (χ4n) is 9.16. The number of carbonyl (C=O) groups excluding carboxylic acids is 4. The largest absolute Gasteiger partial charge is 0.459 e.